The third kappa shape index (κ3) is 14.9. The summed E-state index contributed by atoms with van der Waals surface area (Å²) in [4.78, 5) is 48.9. The van der Waals surface area contributed by atoms with Crippen molar-refractivity contribution in [1.29, 1.82) is 0 Å². The summed E-state index contributed by atoms with van der Waals surface area (Å²) < 4.78 is 5.13. The Bertz CT molecular complexity index is 669. The number of unbranched alkanes of at least 4 members (excludes halogenated alkanes) is 11. The van der Waals surface area contributed by atoms with Crippen LogP contribution in [-0.4, -0.2) is 80.1 Å². The van der Waals surface area contributed by atoms with Gasteiger partial charge in [0, 0.05) is 6.42 Å². The minimum absolute atomic E-state index is 0.233. The maximum Gasteiger partial charge on any atom is 0.307 e. The number of aliphatic hydroxyl groups excluding tert-OH is 4. The van der Waals surface area contributed by atoms with E-state index >= 15 is 0 Å². The topological polar surface area (TPSA) is 179 Å². The smallest absolute Gasteiger partial charge is 0.307 e. The van der Waals surface area contributed by atoms with Crippen LogP contribution in [0.5, 0.6) is 0 Å². The van der Waals surface area contributed by atoms with Crippen molar-refractivity contribution in [2.75, 3.05) is 13.2 Å². The van der Waals surface area contributed by atoms with Crippen molar-refractivity contribution in [3.05, 3.63) is 0 Å². The Kier molecular flexibility index (Phi) is 20.0. The predicted octanol–water partition coefficient (Wildman–Crippen LogP) is 3.10. The minimum Gasteiger partial charge on any atom is -0.481 e. The molecule has 0 aromatic carbocycles. The Hall–Kier alpha value is -1.88. The molecule has 0 radical (unpaired) electrons. The number of carbonyl (C=O) groups is 4. The average molecular weight is 547 g/mol. The second-order valence-electron chi connectivity index (χ2n) is 10.5. The van der Waals surface area contributed by atoms with Crippen molar-refractivity contribution >= 4 is 23.5 Å². The lowest BCUT2D eigenvalue weighted by molar-refractivity contribution is -0.182. The first kappa shape index (κ1) is 36.1. The molecule has 0 aromatic rings. The molecule has 0 bridgehead atoms. The molecule has 0 aliphatic rings. The number of esters is 1. The van der Waals surface area contributed by atoms with Crippen LogP contribution in [0.4, 0.5) is 0 Å². The van der Waals surface area contributed by atoms with Crippen LogP contribution in [-0.2, 0) is 23.9 Å². The van der Waals surface area contributed by atoms with E-state index in [1.165, 1.54) is 44.9 Å². The molecule has 0 saturated heterocycles. The van der Waals surface area contributed by atoms with Crippen molar-refractivity contribution < 1.29 is 49.4 Å². The van der Waals surface area contributed by atoms with E-state index in [1.807, 2.05) is 0 Å². The maximum absolute atomic E-state index is 12.9. The summed E-state index contributed by atoms with van der Waals surface area (Å²) in [5.41, 5.74) is -2.63. The quantitative estimate of drug-likeness (QED) is 0.0649. The van der Waals surface area contributed by atoms with Crippen LogP contribution in [0.1, 0.15) is 117 Å². The van der Waals surface area contributed by atoms with Crippen LogP contribution in [0.15, 0.2) is 0 Å². The van der Waals surface area contributed by atoms with Gasteiger partial charge in [0.2, 0.25) is 17.2 Å². The Morgan fingerprint density at radius 1 is 0.658 bits per heavy atom. The van der Waals surface area contributed by atoms with E-state index in [9.17, 15) is 39.6 Å². The highest BCUT2D eigenvalue weighted by molar-refractivity contribution is 6.14. The Morgan fingerprint density at radius 3 is 1.42 bits per heavy atom. The van der Waals surface area contributed by atoms with Crippen LogP contribution in [0.2, 0.25) is 0 Å². The highest BCUT2D eigenvalue weighted by Crippen LogP contribution is 2.28. The summed E-state index contributed by atoms with van der Waals surface area (Å²) in [6, 6.07) is 0. The lowest BCUT2D eigenvalue weighted by atomic mass is 9.82. The number of aliphatic hydroxyl groups is 4. The van der Waals surface area contributed by atoms with Crippen LogP contribution in [0, 0.1) is 5.92 Å². The Labute approximate surface area is 226 Å². The van der Waals surface area contributed by atoms with Crippen molar-refractivity contribution in [2.24, 2.45) is 5.92 Å². The number of ether oxygens (including phenoxy) is 1. The third-order valence-corrected chi connectivity index (χ3v) is 6.64. The summed E-state index contributed by atoms with van der Waals surface area (Å²) in [6.45, 7) is 2.40. The van der Waals surface area contributed by atoms with Crippen LogP contribution < -0.4 is 0 Å². The number of carbonyl (C=O) groups excluding carboxylic acids is 3. The van der Waals surface area contributed by atoms with E-state index < -0.39 is 67.4 Å². The van der Waals surface area contributed by atoms with Gasteiger partial charge < -0.3 is 30.3 Å². The van der Waals surface area contributed by atoms with Gasteiger partial charge in [-0.3, -0.25) is 19.2 Å². The first-order valence-corrected chi connectivity index (χ1v) is 14.1. The van der Waals surface area contributed by atoms with Gasteiger partial charge in [-0.25, -0.2) is 0 Å². The van der Waals surface area contributed by atoms with E-state index in [1.54, 1.807) is 0 Å². The predicted molar refractivity (Wildman–Crippen MR) is 141 cm³/mol. The largest absolute Gasteiger partial charge is 0.481 e. The molecule has 0 aromatic heterocycles. The van der Waals surface area contributed by atoms with E-state index in [-0.39, 0.29) is 12.8 Å². The number of carboxylic acid groups (broad SMARTS) is 1. The Balaban J connectivity index is 4.80. The van der Waals surface area contributed by atoms with Crippen LogP contribution in [0.3, 0.4) is 0 Å². The molecule has 38 heavy (non-hydrogen) atoms. The van der Waals surface area contributed by atoms with E-state index in [0.29, 0.717) is 6.42 Å². The van der Waals surface area contributed by atoms with E-state index in [2.05, 4.69) is 13.8 Å². The molecule has 0 aliphatic carbocycles. The highest BCUT2D eigenvalue weighted by atomic mass is 16.6. The van der Waals surface area contributed by atoms with Crippen molar-refractivity contribution in [3.63, 3.8) is 0 Å². The van der Waals surface area contributed by atoms with Gasteiger partial charge in [-0.05, 0) is 12.3 Å². The molecule has 10 nitrogen and oxygen atoms in total. The zero-order valence-corrected chi connectivity index (χ0v) is 23.2. The lowest BCUT2D eigenvalue weighted by Gasteiger charge is -2.33. The number of hydrogen-bond acceptors (Lipinski definition) is 9. The summed E-state index contributed by atoms with van der Waals surface area (Å²) in [6.07, 6.45) is 7.82. The van der Waals surface area contributed by atoms with Gasteiger partial charge in [-0.2, -0.15) is 0 Å². The zero-order chi connectivity index (χ0) is 29.0. The maximum atomic E-state index is 12.9. The molecular formula is C28H50O10. The number of hydrogen-bond donors (Lipinski definition) is 5. The number of rotatable bonds is 25. The van der Waals surface area contributed by atoms with Crippen LogP contribution >= 0.6 is 0 Å². The minimum atomic E-state index is -2.63. The molecule has 0 spiro atoms. The van der Waals surface area contributed by atoms with Crippen LogP contribution in [0.25, 0.3) is 0 Å². The van der Waals surface area contributed by atoms with Gasteiger partial charge in [0.15, 0.2) is 0 Å². The number of ketones is 2. The zero-order valence-electron chi connectivity index (χ0n) is 23.2. The van der Waals surface area contributed by atoms with Gasteiger partial charge in [0.1, 0.15) is 12.2 Å². The third-order valence-electron chi connectivity index (χ3n) is 6.64. The number of carboxylic acids is 1. The molecule has 0 saturated carbocycles. The fourth-order valence-electron chi connectivity index (χ4n) is 4.37. The van der Waals surface area contributed by atoms with Crippen molar-refractivity contribution in [2.45, 2.75) is 134 Å². The first-order valence-electron chi connectivity index (χ1n) is 14.1. The molecule has 0 rings (SSSR count). The fourth-order valence-corrected chi connectivity index (χ4v) is 4.37. The normalized spacial score (nSPS) is 14.6. The molecule has 0 fully saturated rings. The second kappa shape index (κ2) is 21.0. The molecule has 10 heteroatoms. The summed E-state index contributed by atoms with van der Waals surface area (Å²) in [5, 5.41) is 47.2. The summed E-state index contributed by atoms with van der Waals surface area (Å²) >= 11 is 0. The van der Waals surface area contributed by atoms with E-state index in [4.69, 9.17) is 9.84 Å². The average Bonchev–Trinajstić information content (AvgIpc) is 2.89. The monoisotopic (exact) mass is 546 g/mol. The van der Waals surface area contributed by atoms with Crippen molar-refractivity contribution in [1.82, 2.24) is 0 Å². The van der Waals surface area contributed by atoms with Gasteiger partial charge in [0.25, 0.3) is 0 Å². The molecule has 0 heterocycles. The van der Waals surface area contributed by atoms with Gasteiger partial charge >= 0.3 is 11.9 Å². The Morgan fingerprint density at radius 2 is 1.05 bits per heavy atom. The van der Waals surface area contributed by atoms with Gasteiger partial charge in [-0.1, -0.05) is 90.9 Å². The molecule has 222 valence electrons. The molecule has 0 amide bonds. The highest BCUT2D eigenvalue weighted by Gasteiger charge is 2.52. The standard InChI is InChI=1S/C28H50O10/c1-21(2)15-13-11-9-7-5-3-4-6-8-10-12-14-18-28(26(36)22(31)19-29,27(37)23(32)20-30)38-25(35)17-16-24(33)34/h21-23,29-32H,3-20H2,1-2H3,(H,33,34). The number of aliphatic carboxylic acids is 1. The van der Waals surface area contributed by atoms with E-state index in [0.717, 1.165) is 31.6 Å². The molecule has 5 N–H and O–H groups in total. The fraction of sp³-hybridized carbons (Fsp3) is 0.857. The molecular weight excluding hydrogens is 496 g/mol. The second-order valence-corrected chi connectivity index (χ2v) is 10.5. The summed E-state index contributed by atoms with van der Waals surface area (Å²) in [7, 11) is 0. The summed E-state index contributed by atoms with van der Waals surface area (Å²) in [5.74, 6) is -4.33. The lowest BCUT2D eigenvalue weighted by Crippen LogP contribution is -2.59. The molecule has 0 aliphatic heterocycles. The van der Waals surface area contributed by atoms with Crippen molar-refractivity contribution in [3.8, 4) is 0 Å². The molecule has 2 atom stereocenters. The SMILES string of the molecule is CC(C)CCCCCCCCCCCCCCC(OC(=O)CCC(=O)O)(C(=O)C(O)CO)C(=O)C(O)CO. The first-order chi connectivity index (χ1) is 18.0. The van der Waals surface area contributed by atoms with Gasteiger partial charge in [0.05, 0.1) is 26.1 Å². The number of Topliss-reactive ketones (excluding diaryl/α,β-unsaturated/α-hetero) is 2. The van der Waals surface area contributed by atoms with Gasteiger partial charge in [-0.15, -0.1) is 0 Å². The molecule has 2 unspecified atom stereocenters.